The molecule has 2 heterocycles. The van der Waals surface area contributed by atoms with Crippen LogP contribution in [-0.4, -0.2) is 61.3 Å². The van der Waals surface area contributed by atoms with E-state index in [2.05, 4.69) is 5.32 Å². The lowest BCUT2D eigenvalue weighted by molar-refractivity contribution is -0.123. The van der Waals surface area contributed by atoms with Crippen molar-refractivity contribution in [2.45, 2.75) is 5.25 Å². The maximum absolute atomic E-state index is 13.7. The van der Waals surface area contributed by atoms with Crippen LogP contribution < -0.4 is 15.0 Å². The zero-order valence-corrected chi connectivity index (χ0v) is 23.7. The van der Waals surface area contributed by atoms with Crippen molar-refractivity contribution >= 4 is 41.0 Å². The van der Waals surface area contributed by atoms with Gasteiger partial charge in [-0.25, -0.2) is 4.68 Å². The molecule has 0 bridgehead atoms. The van der Waals surface area contributed by atoms with Crippen LogP contribution in [0.25, 0.3) is 16.9 Å². The molecule has 1 aliphatic rings. The molecule has 1 aliphatic heterocycles. The minimum Gasteiger partial charge on any atom is -0.497 e. The Kier molecular flexibility index (Phi) is 8.74. The Balaban J connectivity index is 1.75. The van der Waals surface area contributed by atoms with E-state index < -0.39 is 0 Å². The molecule has 0 aliphatic carbocycles. The molecule has 10 heteroatoms. The van der Waals surface area contributed by atoms with E-state index in [9.17, 15) is 9.59 Å². The highest BCUT2D eigenvalue weighted by Crippen LogP contribution is 2.49. The lowest BCUT2D eigenvalue weighted by Crippen LogP contribution is -2.43. The Bertz CT molecular complexity index is 1490. The largest absolute Gasteiger partial charge is 0.497 e. The SMILES string of the molecule is COCCNC(=O)CN1C(=O)CSC(c2ccccc2Cl)c2c(-c3ccccc3)nn(-c3ccc(OC)cc3)c21. The molecule has 0 fully saturated rings. The molecule has 5 rings (SSSR count). The normalized spacial score (nSPS) is 14.9. The highest BCUT2D eigenvalue weighted by molar-refractivity contribution is 8.00. The second kappa shape index (κ2) is 12.6. The van der Waals surface area contributed by atoms with Crippen LogP contribution in [0.2, 0.25) is 5.02 Å². The molecule has 2 amide bonds. The van der Waals surface area contributed by atoms with Gasteiger partial charge >= 0.3 is 0 Å². The van der Waals surface area contributed by atoms with Gasteiger partial charge in [-0.2, -0.15) is 5.10 Å². The number of hydrogen-bond acceptors (Lipinski definition) is 6. The molecular weight excluding hydrogens is 548 g/mol. The van der Waals surface area contributed by atoms with Crippen molar-refractivity contribution < 1.29 is 19.1 Å². The van der Waals surface area contributed by atoms with Crippen LogP contribution in [0, 0.1) is 0 Å². The van der Waals surface area contributed by atoms with E-state index in [-0.39, 0.29) is 29.4 Å². The Morgan fingerprint density at radius 2 is 1.77 bits per heavy atom. The highest BCUT2D eigenvalue weighted by Gasteiger charge is 2.38. The van der Waals surface area contributed by atoms with Gasteiger partial charge in [0.2, 0.25) is 11.8 Å². The number of hydrogen-bond donors (Lipinski definition) is 1. The average Bonchev–Trinajstić information content (AvgIpc) is 3.31. The Morgan fingerprint density at radius 1 is 1.05 bits per heavy atom. The number of nitrogens with zero attached hydrogens (tertiary/aromatic N) is 3. The quantitative estimate of drug-likeness (QED) is 0.278. The summed E-state index contributed by atoms with van der Waals surface area (Å²) in [4.78, 5) is 28.3. The summed E-state index contributed by atoms with van der Waals surface area (Å²) in [6.45, 7) is 0.549. The second-order valence-electron chi connectivity index (χ2n) is 9.10. The van der Waals surface area contributed by atoms with Gasteiger partial charge in [0.1, 0.15) is 18.1 Å². The Morgan fingerprint density at radius 3 is 2.48 bits per heavy atom. The lowest BCUT2D eigenvalue weighted by Gasteiger charge is -2.23. The molecule has 1 N–H and O–H groups in total. The third-order valence-electron chi connectivity index (χ3n) is 6.57. The smallest absolute Gasteiger partial charge is 0.240 e. The van der Waals surface area contributed by atoms with Crippen LogP contribution in [0.4, 0.5) is 5.82 Å². The monoisotopic (exact) mass is 576 g/mol. The van der Waals surface area contributed by atoms with E-state index >= 15 is 0 Å². The zero-order chi connectivity index (χ0) is 28.1. The van der Waals surface area contributed by atoms with Gasteiger partial charge in [0, 0.05) is 29.8 Å². The van der Waals surface area contributed by atoms with Gasteiger partial charge in [0.15, 0.2) is 0 Å². The topological polar surface area (TPSA) is 85.7 Å². The molecule has 1 atom stereocenters. The highest BCUT2D eigenvalue weighted by atomic mass is 35.5. The fourth-order valence-corrected chi connectivity index (χ4v) is 6.20. The minimum atomic E-state index is -0.309. The summed E-state index contributed by atoms with van der Waals surface area (Å²) in [5, 5.41) is 8.20. The number of carbonyl (C=O) groups excluding carboxylic acids is 2. The first-order valence-corrected chi connectivity index (χ1v) is 14.2. The van der Waals surface area contributed by atoms with Gasteiger partial charge in [-0.3, -0.25) is 14.5 Å². The van der Waals surface area contributed by atoms with Crippen molar-refractivity contribution in [2.75, 3.05) is 44.6 Å². The summed E-state index contributed by atoms with van der Waals surface area (Å²) in [7, 11) is 3.18. The first kappa shape index (κ1) is 27.8. The minimum absolute atomic E-state index is 0.159. The molecule has 206 valence electrons. The van der Waals surface area contributed by atoms with Crippen molar-refractivity contribution in [3.8, 4) is 22.7 Å². The van der Waals surface area contributed by atoms with E-state index in [0.717, 1.165) is 22.4 Å². The van der Waals surface area contributed by atoms with Crippen molar-refractivity contribution in [1.82, 2.24) is 15.1 Å². The summed E-state index contributed by atoms with van der Waals surface area (Å²) in [5.41, 5.74) is 4.02. The maximum Gasteiger partial charge on any atom is 0.240 e. The number of benzene rings is 3. The number of carbonyl (C=O) groups is 2. The number of aromatic nitrogens is 2. The number of fused-ring (bicyclic) bond motifs is 1. The van der Waals surface area contributed by atoms with Crippen LogP contribution in [0.5, 0.6) is 5.75 Å². The van der Waals surface area contributed by atoms with Crippen LogP contribution in [-0.2, 0) is 14.3 Å². The number of rotatable bonds is 9. The Labute approximate surface area is 242 Å². The number of methoxy groups -OCH3 is 2. The van der Waals surface area contributed by atoms with Gasteiger partial charge in [0.05, 0.1) is 36.1 Å². The van der Waals surface area contributed by atoms with Gasteiger partial charge in [-0.15, -0.1) is 11.8 Å². The van der Waals surface area contributed by atoms with Crippen molar-refractivity contribution in [1.29, 1.82) is 0 Å². The molecule has 4 aromatic rings. The third kappa shape index (κ3) is 5.72. The molecule has 1 aromatic heterocycles. The first-order chi connectivity index (χ1) is 19.5. The molecule has 40 heavy (non-hydrogen) atoms. The van der Waals surface area contributed by atoms with Crippen molar-refractivity contribution in [2.24, 2.45) is 0 Å². The molecular formula is C30H29ClN4O4S. The van der Waals surface area contributed by atoms with E-state index in [1.165, 1.54) is 16.7 Å². The molecule has 3 aromatic carbocycles. The maximum atomic E-state index is 13.7. The number of nitrogens with one attached hydrogen (secondary N) is 1. The fourth-order valence-electron chi connectivity index (χ4n) is 4.66. The molecule has 0 radical (unpaired) electrons. The summed E-state index contributed by atoms with van der Waals surface area (Å²) >= 11 is 8.21. The number of thioether (sulfide) groups is 1. The first-order valence-electron chi connectivity index (χ1n) is 12.8. The van der Waals surface area contributed by atoms with Gasteiger partial charge in [-0.05, 0) is 35.9 Å². The predicted molar refractivity (Wildman–Crippen MR) is 159 cm³/mol. The fraction of sp³-hybridized carbons (Fsp3) is 0.233. The van der Waals surface area contributed by atoms with Crippen LogP contribution in [0.15, 0.2) is 78.9 Å². The van der Waals surface area contributed by atoms with Crippen LogP contribution in [0.1, 0.15) is 16.4 Å². The lowest BCUT2D eigenvalue weighted by atomic mass is 9.99. The van der Waals surface area contributed by atoms with Crippen molar-refractivity contribution in [3.63, 3.8) is 0 Å². The summed E-state index contributed by atoms with van der Waals surface area (Å²) in [5.74, 6) is 0.900. The predicted octanol–water partition coefficient (Wildman–Crippen LogP) is 5.13. The summed E-state index contributed by atoms with van der Waals surface area (Å²) in [6.07, 6.45) is 0. The summed E-state index contributed by atoms with van der Waals surface area (Å²) < 4.78 is 12.2. The van der Waals surface area contributed by atoms with E-state index in [4.69, 9.17) is 26.2 Å². The zero-order valence-electron chi connectivity index (χ0n) is 22.2. The molecule has 8 nitrogen and oxygen atoms in total. The van der Waals surface area contributed by atoms with Gasteiger partial charge < -0.3 is 14.8 Å². The van der Waals surface area contributed by atoms with Gasteiger partial charge in [0.25, 0.3) is 0 Å². The number of ether oxygens (including phenoxy) is 2. The van der Waals surface area contributed by atoms with Gasteiger partial charge in [-0.1, -0.05) is 60.1 Å². The third-order valence-corrected chi connectivity index (χ3v) is 8.15. The molecule has 0 saturated heterocycles. The summed E-state index contributed by atoms with van der Waals surface area (Å²) in [6, 6.07) is 24.9. The Hall–Kier alpha value is -3.79. The van der Waals surface area contributed by atoms with Crippen molar-refractivity contribution in [3.05, 3.63) is 95.0 Å². The number of amides is 2. The molecule has 0 spiro atoms. The standard InChI is InChI=1S/C30H29ClN4O4S/c1-38-17-16-32-25(36)18-34-26(37)19-40-29(23-10-6-7-11-24(23)31)27-28(20-8-4-3-5-9-20)33-35(30(27)34)21-12-14-22(39-2)15-13-21/h3-15,29H,16-19H2,1-2H3,(H,32,36). The number of anilines is 1. The van der Waals surface area contributed by atoms with Crippen LogP contribution in [0.3, 0.4) is 0 Å². The van der Waals surface area contributed by atoms with Crippen LogP contribution >= 0.6 is 23.4 Å². The second-order valence-corrected chi connectivity index (χ2v) is 10.6. The van der Waals surface area contributed by atoms with E-state index in [0.29, 0.717) is 35.4 Å². The van der Waals surface area contributed by atoms with E-state index in [1.807, 2.05) is 78.9 Å². The molecule has 0 saturated carbocycles. The van der Waals surface area contributed by atoms with E-state index in [1.54, 1.807) is 18.9 Å². The molecule has 1 unspecified atom stereocenters. The number of halogens is 1. The average molecular weight is 577 g/mol.